The van der Waals surface area contributed by atoms with Crippen LogP contribution < -0.4 is 11.5 Å². The fourth-order valence-electron chi connectivity index (χ4n) is 1.10. The van der Waals surface area contributed by atoms with E-state index in [0.29, 0.717) is 11.5 Å². The van der Waals surface area contributed by atoms with Crippen molar-refractivity contribution < 1.29 is 15.7 Å². The molecule has 4 N–H and O–H groups in total. The van der Waals surface area contributed by atoms with E-state index in [9.17, 15) is 9.59 Å². The first-order valence-corrected chi connectivity index (χ1v) is 15.6. The molecule has 92 valence electrons. The van der Waals surface area contributed by atoms with E-state index in [2.05, 4.69) is 0 Å². The predicted octanol–water partition coefficient (Wildman–Crippen LogP) is -0.922. The quantitative estimate of drug-likeness (QED) is 0.509. The molecule has 0 aliphatic carbocycles. The summed E-state index contributed by atoms with van der Waals surface area (Å²) in [6.45, 7) is 0. The molecule has 2 saturated heterocycles. The Morgan fingerprint density at radius 2 is 1.44 bits per heavy atom. The van der Waals surface area contributed by atoms with Crippen molar-refractivity contribution in [3.8, 4) is 0 Å². The summed E-state index contributed by atoms with van der Waals surface area (Å²) in [5.74, 6) is 0.00939. The molecule has 2 aliphatic heterocycles. The van der Waals surface area contributed by atoms with Crippen LogP contribution in [0.3, 0.4) is 0 Å². The standard InChI is InChI=1S/2C3H7NO2S.ClH.Sn/c2*4-2(1-7)3(5)6;;/h2*2,7H,1,4H2,(H,5,6);1H;/q;;;+4/p-4. The minimum absolute atomic E-state index is 0. The molecule has 6 nitrogen and oxygen atoms in total. The average molecular weight is 393 g/mol. The van der Waals surface area contributed by atoms with Crippen molar-refractivity contribution in [2.24, 2.45) is 11.5 Å². The second-order valence-corrected chi connectivity index (χ2v) is 22.3. The molecule has 2 unspecified atom stereocenters. The van der Waals surface area contributed by atoms with Gasteiger partial charge in [-0.25, -0.2) is 0 Å². The summed E-state index contributed by atoms with van der Waals surface area (Å²) in [6, 6.07) is -1.21. The summed E-state index contributed by atoms with van der Waals surface area (Å²) in [5, 5.41) is 0. The Kier molecular flexibility index (Phi) is 5.08. The normalized spacial score (nSPS) is 38.6. The summed E-state index contributed by atoms with van der Waals surface area (Å²) < 4.78 is 10.4. The van der Waals surface area contributed by atoms with Crippen molar-refractivity contribution in [2.75, 3.05) is 11.5 Å². The molecule has 1 spiro atoms. The van der Waals surface area contributed by atoms with Crippen molar-refractivity contribution >= 4 is 58.7 Å². The molecule has 0 saturated carbocycles. The summed E-state index contributed by atoms with van der Waals surface area (Å²) in [4.78, 5) is 22.6. The van der Waals surface area contributed by atoms with Crippen LogP contribution in [0.1, 0.15) is 0 Å². The van der Waals surface area contributed by atoms with Crippen LogP contribution >= 0.6 is 30.3 Å². The van der Waals surface area contributed by atoms with Gasteiger partial charge in [-0.15, -0.1) is 12.4 Å². The van der Waals surface area contributed by atoms with Crippen LogP contribution in [-0.4, -0.2) is 52.0 Å². The van der Waals surface area contributed by atoms with Gasteiger partial charge < -0.3 is 0 Å². The molecule has 2 fully saturated rings. The minimum atomic E-state index is -3.59. The molecular formula is C6H11ClN2O4S2Sn. The average Bonchev–Trinajstić information content (AvgIpc) is 2.19. The van der Waals surface area contributed by atoms with Gasteiger partial charge in [-0.2, -0.15) is 0 Å². The molecule has 16 heavy (non-hydrogen) atoms. The van der Waals surface area contributed by atoms with Gasteiger partial charge in [0.2, 0.25) is 0 Å². The van der Waals surface area contributed by atoms with Gasteiger partial charge in [0.05, 0.1) is 0 Å². The van der Waals surface area contributed by atoms with E-state index in [1.54, 1.807) is 0 Å². The second-order valence-electron chi connectivity index (χ2n) is 3.18. The molecule has 0 aromatic heterocycles. The molecule has 0 aromatic rings. The van der Waals surface area contributed by atoms with Crippen LogP contribution in [0, 0.1) is 0 Å². The number of hydrogen-bond donors (Lipinski definition) is 2. The molecule has 0 radical (unpaired) electrons. The third-order valence-electron chi connectivity index (χ3n) is 1.94. The van der Waals surface area contributed by atoms with Gasteiger partial charge in [-0.3, -0.25) is 0 Å². The Balaban J connectivity index is 0.00000128. The van der Waals surface area contributed by atoms with Crippen molar-refractivity contribution in [3.05, 3.63) is 0 Å². The van der Waals surface area contributed by atoms with E-state index in [1.165, 1.54) is 17.9 Å². The third-order valence-corrected chi connectivity index (χ3v) is 22.2. The van der Waals surface area contributed by atoms with Crippen molar-refractivity contribution in [3.63, 3.8) is 0 Å². The van der Waals surface area contributed by atoms with E-state index in [1.807, 2.05) is 0 Å². The molecule has 2 heterocycles. The third kappa shape index (κ3) is 2.91. The topological polar surface area (TPSA) is 105 Å². The van der Waals surface area contributed by atoms with E-state index in [4.69, 9.17) is 17.6 Å². The summed E-state index contributed by atoms with van der Waals surface area (Å²) in [5.41, 5.74) is 11.0. The van der Waals surface area contributed by atoms with E-state index < -0.39 is 40.5 Å². The molecule has 0 bridgehead atoms. The van der Waals surface area contributed by atoms with Crippen LogP contribution in [0.25, 0.3) is 0 Å². The first kappa shape index (κ1) is 14.7. The Morgan fingerprint density at radius 3 is 1.75 bits per heavy atom. The molecule has 0 aromatic carbocycles. The Morgan fingerprint density at radius 1 is 1.06 bits per heavy atom. The zero-order chi connectivity index (χ0) is 11.1. The number of carbonyl (C=O) groups is 2. The number of carbonyl (C=O) groups excluding carboxylic acids is 2. The van der Waals surface area contributed by atoms with Gasteiger partial charge in [0, 0.05) is 0 Å². The van der Waals surface area contributed by atoms with Gasteiger partial charge in [0.1, 0.15) is 0 Å². The van der Waals surface area contributed by atoms with Crippen LogP contribution in [0.5, 0.6) is 0 Å². The van der Waals surface area contributed by atoms with Gasteiger partial charge in [-0.1, -0.05) is 0 Å². The zero-order valence-corrected chi connectivity index (χ0v) is 13.4. The monoisotopic (exact) mass is 394 g/mol. The van der Waals surface area contributed by atoms with E-state index in [0.717, 1.165) is 0 Å². The number of halogens is 1. The maximum absolute atomic E-state index is 11.3. The molecular weight excluding hydrogens is 382 g/mol. The Hall–Kier alpha value is 0.649. The van der Waals surface area contributed by atoms with Gasteiger partial charge in [0.25, 0.3) is 0 Å². The van der Waals surface area contributed by atoms with Gasteiger partial charge in [-0.05, 0) is 0 Å². The summed E-state index contributed by atoms with van der Waals surface area (Å²) in [7, 11) is 2.82. The predicted molar refractivity (Wildman–Crippen MR) is 66.1 cm³/mol. The molecule has 2 aliphatic rings. The SMILES string of the molecule is Cl.NC1C[S][Sn]2([O]C1=O)[O]C(=O)C(N)C[S]2. The fraction of sp³-hybridized carbons (Fsp3) is 0.667. The Labute approximate surface area is 109 Å². The maximum atomic E-state index is 11.3. The number of rotatable bonds is 0. The number of hydrogen-bond acceptors (Lipinski definition) is 8. The van der Waals surface area contributed by atoms with Gasteiger partial charge in [0.15, 0.2) is 0 Å². The van der Waals surface area contributed by atoms with Crippen LogP contribution in [0.15, 0.2) is 0 Å². The molecule has 2 atom stereocenters. The second kappa shape index (κ2) is 5.53. The van der Waals surface area contributed by atoms with E-state index >= 15 is 0 Å². The van der Waals surface area contributed by atoms with Crippen LogP contribution in [0.2, 0.25) is 0 Å². The zero-order valence-electron chi connectivity index (χ0n) is 8.08. The van der Waals surface area contributed by atoms with Gasteiger partial charge >= 0.3 is 97.1 Å². The summed E-state index contributed by atoms with van der Waals surface area (Å²) in [6.07, 6.45) is 0. The van der Waals surface area contributed by atoms with Crippen molar-refractivity contribution in [2.45, 2.75) is 12.1 Å². The fourth-order valence-corrected chi connectivity index (χ4v) is 20.8. The van der Waals surface area contributed by atoms with Crippen molar-refractivity contribution in [1.82, 2.24) is 0 Å². The van der Waals surface area contributed by atoms with Crippen molar-refractivity contribution in [1.29, 1.82) is 0 Å². The van der Waals surface area contributed by atoms with Crippen LogP contribution in [-0.2, 0) is 15.7 Å². The first-order valence-electron chi connectivity index (χ1n) is 4.27. The molecule has 10 heteroatoms. The first-order chi connectivity index (χ1) is 7.02. The van der Waals surface area contributed by atoms with Crippen LogP contribution in [0.4, 0.5) is 0 Å². The summed E-state index contributed by atoms with van der Waals surface area (Å²) >= 11 is -3.59. The molecule has 0 amide bonds. The van der Waals surface area contributed by atoms with E-state index in [-0.39, 0.29) is 12.4 Å². The number of nitrogens with two attached hydrogens (primary N) is 2. The molecule has 2 rings (SSSR count). The Bertz CT molecular complexity index is 291.